The van der Waals surface area contributed by atoms with Crippen LogP contribution < -0.4 is 4.74 Å². The summed E-state index contributed by atoms with van der Waals surface area (Å²) in [6.07, 6.45) is 0. The lowest BCUT2D eigenvalue weighted by Gasteiger charge is -2.03. The molecule has 5 heteroatoms. The molecule has 1 heterocycles. The zero-order valence-corrected chi connectivity index (χ0v) is 11.9. The number of methoxy groups -OCH3 is 1. The number of aryl methyl sites for hydroxylation is 1. The molecule has 0 saturated carbocycles. The first kappa shape index (κ1) is 11.9. The van der Waals surface area contributed by atoms with Crippen LogP contribution in [0.4, 0.5) is 0 Å². The number of aromatic nitrogens is 1. The van der Waals surface area contributed by atoms with E-state index in [1.54, 1.807) is 24.5 Å². The van der Waals surface area contributed by atoms with Crippen molar-refractivity contribution < 1.29 is 4.74 Å². The Kier molecular flexibility index (Phi) is 3.52. The van der Waals surface area contributed by atoms with Crippen LogP contribution in [-0.2, 0) is 0 Å². The van der Waals surface area contributed by atoms with E-state index in [0.29, 0.717) is 5.02 Å². The summed E-state index contributed by atoms with van der Waals surface area (Å²) in [7, 11) is 1.62. The van der Waals surface area contributed by atoms with E-state index in [2.05, 4.69) is 20.9 Å². The molecule has 0 saturated heterocycles. The third-order valence-corrected chi connectivity index (χ3v) is 4.50. The van der Waals surface area contributed by atoms with Gasteiger partial charge in [-0.2, -0.15) is 0 Å². The van der Waals surface area contributed by atoms with Crippen LogP contribution in [-0.4, -0.2) is 12.1 Å². The van der Waals surface area contributed by atoms with Gasteiger partial charge in [0, 0.05) is 5.56 Å². The van der Waals surface area contributed by atoms with E-state index in [1.807, 2.05) is 19.1 Å². The summed E-state index contributed by atoms with van der Waals surface area (Å²) in [6.45, 7) is 1.96. The number of halogens is 2. The number of ether oxygens (including phenoxy) is 1. The van der Waals surface area contributed by atoms with Gasteiger partial charge in [-0.05, 0) is 41.1 Å². The fraction of sp³-hybridized carbons (Fsp3) is 0.182. The zero-order chi connectivity index (χ0) is 11.7. The Hall–Kier alpha value is -0.580. The minimum absolute atomic E-state index is 0.653. The van der Waals surface area contributed by atoms with Gasteiger partial charge in [0.2, 0.25) is 0 Å². The van der Waals surface area contributed by atoms with Crippen molar-refractivity contribution >= 4 is 38.9 Å². The molecule has 1 aromatic heterocycles. The van der Waals surface area contributed by atoms with Crippen molar-refractivity contribution in [1.29, 1.82) is 0 Å². The van der Waals surface area contributed by atoms with Crippen molar-refractivity contribution in [2.75, 3.05) is 7.11 Å². The van der Waals surface area contributed by atoms with Gasteiger partial charge in [-0.25, -0.2) is 4.98 Å². The normalized spacial score (nSPS) is 10.5. The van der Waals surface area contributed by atoms with E-state index in [9.17, 15) is 0 Å². The van der Waals surface area contributed by atoms with Crippen molar-refractivity contribution in [2.24, 2.45) is 0 Å². The van der Waals surface area contributed by atoms with Gasteiger partial charge in [0.05, 0.1) is 21.6 Å². The highest BCUT2D eigenvalue weighted by Crippen LogP contribution is 2.36. The molecular formula is C11H9BrClNOS. The van der Waals surface area contributed by atoms with Crippen LogP contribution in [0, 0.1) is 6.92 Å². The fourth-order valence-corrected chi connectivity index (χ4v) is 2.99. The largest absolute Gasteiger partial charge is 0.497 e. The number of hydrogen-bond donors (Lipinski definition) is 0. The first-order valence-corrected chi connectivity index (χ1v) is 6.57. The molecule has 1 aromatic carbocycles. The summed E-state index contributed by atoms with van der Waals surface area (Å²) >= 11 is 11.2. The van der Waals surface area contributed by atoms with Crippen molar-refractivity contribution in [3.05, 3.63) is 32.7 Å². The predicted octanol–water partition coefficient (Wildman–Crippen LogP) is 4.54. The van der Waals surface area contributed by atoms with Crippen LogP contribution >= 0.6 is 38.9 Å². The molecule has 0 spiro atoms. The monoisotopic (exact) mass is 317 g/mol. The van der Waals surface area contributed by atoms with Gasteiger partial charge in [-0.1, -0.05) is 11.6 Å². The fourth-order valence-electron chi connectivity index (χ4n) is 1.29. The van der Waals surface area contributed by atoms with Crippen LogP contribution in [0.2, 0.25) is 5.02 Å². The number of hydrogen-bond acceptors (Lipinski definition) is 3. The molecule has 0 unspecified atom stereocenters. The molecule has 0 radical (unpaired) electrons. The molecule has 0 aliphatic rings. The highest BCUT2D eigenvalue weighted by Gasteiger charge is 2.11. The van der Waals surface area contributed by atoms with Crippen LogP contribution in [0.25, 0.3) is 10.6 Å². The van der Waals surface area contributed by atoms with Gasteiger partial charge >= 0.3 is 0 Å². The number of thiazole rings is 1. The number of benzene rings is 1. The van der Waals surface area contributed by atoms with Gasteiger partial charge in [0.25, 0.3) is 0 Å². The van der Waals surface area contributed by atoms with Gasteiger partial charge in [-0.3, -0.25) is 0 Å². The van der Waals surface area contributed by atoms with Gasteiger partial charge < -0.3 is 4.74 Å². The molecule has 0 fully saturated rings. The molecular weight excluding hydrogens is 310 g/mol. The Morgan fingerprint density at radius 1 is 1.44 bits per heavy atom. The SMILES string of the molecule is COc1ccc(-c2nc(C)c(Br)s2)c(Cl)c1. The van der Waals surface area contributed by atoms with Crippen LogP contribution in [0.3, 0.4) is 0 Å². The summed E-state index contributed by atoms with van der Waals surface area (Å²) in [4.78, 5) is 4.44. The molecule has 2 aromatic rings. The van der Waals surface area contributed by atoms with Crippen LogP contribution in [0.5, 0.6) is 5.75 Å². The first-order chi connectivity index (χ1) is 7.61. The molecule has 0 atom stereocenters. The molecule has 2 rings (SSSR count). The lowest BCUT2D eigenvalue weighted by Crippen LogP contribution is -1.84. The predicted molar refractivity (Wildman–Crippen MR) is 71.5 cm³/mol. The molecule has 16 heavy (non-hydrogen) atoms. The zero-order valence-electron chi connectivity index (χ0n) is 8.75. The van der Waals surface area contributed by atoms with Crippen LogP contribution in [0.1, 0.15) is 5.69 Å². The maximum absolute atomic E-state index is 6.18. The molecule has 0 N–H and O–H groups in total. The number of rotatable bonds is 2. The second kappa shape index (κ2) is 4.73. The number of nitrogens with zero attached hydrogens (tertiary/aromatic N) is 1. The molecule has 2 nitrogen and oxygen atoms in total. The van der Waals surface area contributed by atoms with Crippen molar-refractivity contribution in [2.45, 2.75) is 6.92 Å². The maximum atomic E-state index is 6.18. The van der Waals surface area contributed by atoms with Crippen molar-refractivity contribution in [3.63, 3.8) is 0 Å². The van der Waals surface area contributed by atoms with Crippen molar-refractivity contribution in [1.82, 2.24) is 4.98 Å². The Labute approximate surface area is 111 Å². The Morgan fingerprint density at radius 2 is 2.19 bits per heavy atom. The minimum atomic E-state index is 0.653. The van der Waals surface area contributed by atoms with Gasteiger partial charge in [0.1, 0.15) is 10.8 Å². The van der Waals surface area contributed by atoms with E-state index in [4.69, 9.17) is 16.3 Å². The third kappa shape index (κ3) is 2.24. The summed E-state index contributed by atoms with van der Waals surface area (Å²) in [6, 6.07) is 5.60. The summed E-state index contributed by atoms with van der Waals surface area (Å²) in [5.41, 5.74) is 1.91. The Bertz CT molecular complexity index is 507. The van der Waals surface area contributed by atoms with Crippen LogP contribution in [0.15, 0.2) is 22.0 Å². The van der Waals surface area contributed by atoms with Crippen molar-refractivity contribution in [3.8, 4) is 16.3 Å². The lowest BCUT2D eigenvalue weighted by atomic mass is 10.2. The van der Waals surface area contributed by atoms with E-state index in [0.717, 1.165) is 25.8 Å². The average molecular weight is 319 g/mol. The first-order valence-electron chi connectivity index (χ1n) is 4.58. The lowest BCUT2D eigenvalue weighted by molar-refractivity contribution is 0.415. The standard InChI is InChI=1S/C11H9BrClNOS/c1-6-10(12)16-11(14-6)8-4-3-7(15-2)5-9(8)13/h3-5H,1-2H3. The average Bonchev–Trinajstić information content (AvgIpc) is 2.58. The van der Waals surface area contributed by atoms with E-state index in [-0.39, 0.29) is 0 Å². The van der Waals surface area contributed by atoms with Gasteiger partial charge in [0.15, 0.2) is 0 Å². The van der Waals surface area contributed by atoms with E-state index < -0.39 is 0 Å². The van der Waals surface area contributed by atoms with Gasteiger partial charge in [-0.15, -0.1) is 11.3 Å². The Balaban J connectivity index is 2.48. The van der Waals surface area contributed by atoms with E-state index >= 15 is 0 Å². The third-order valence-electron chi connectivity index (χ3n) is 2.15. The quantitative estimate of drug-likeness (QED) is 0.811. The minimum Gasteiger partial charge on any atom is -0.497 e. The molecule has 84 valence electrons. The molecule has 0 aliphatic heterocycles. The molecule has 0 amide bonds. The molecule has 0 bridgehead atoms. The second-order valence-corrected chi connectivity index (χ2v) is 5.95. The Morgan fingerprint density at radius 3 is 2.69 bits per heavy atom. The summed E-state index contributed by atoms with van der Waals surface area (Å²) in [5.74, 6) is 0.751. The topological polar surface area (TPSA) is 22.1 Å². The summed E-state index contributed by atoms with van der Waals surface area (Å²) in [5, 5.41) is 1.57. The highest BCUT2D eigenvalue weighted by molar-refractivity contribution is 9.11. The van der Waals surface area contributed by atoms with E-state index in [1.165, 1.54) is 0 Å². The highest BCUT2D eigenvalue weighted by atomic mass is 79.9. The smallest absolute Gasteiger partial charge is 0.126 e. The second-order valence-electron chi connectivity index (χ2n) is 3.22. The maximum Gasteiger partial charge on any atom is 0.126 e. The summed E-state index contributed by atoms with van der Waals surface area (Å²) < 4.78 is 6.14. The molecule has 0 aliphatic carbocycles.